The van der Waals surface area contributed by atoms with E-state index in [1.807, 2.05) is 5.38 Å². The summed E-state index contributed by atoms with van der Waals surface area (Å²) < 4.78 is 27.8. The second kappa shape index (κ2) is 7.28. The van der Waals surface area contributed by atoms with Gasteiger partial charge in [0, 0.05) is 26.8 Å². The van der Waals surface area contributed by atoms with Gasteiger partial charge in [-0.15, -0.1) is 11.3 Å². The second-order valence-electron chi connectivity index (χ2n) is 4.86. The number of halogens is 1. The number of ketones is 1. The zero-order chi connectivity index (χ0) is 17.2. The van der Waals surface area contributed by atoms with Gasteiger partial charge >= 0.3 is 0 Å². The highest BCUT2D eigenvalue weighted by molar-refractivity contribution is 9.10. The van der Waals surface area contributed by atoms with Gasteiger partial charge in [-0.25, -0.2) is 13.1 Å². The monoisotopic (exact) mass is 441 g/mol. The fourth-order valence-electron chi connectivity index (χ4n) is 2.04. The largest absolute Gasteiger partial charge is 0.288 e. The SMILES string of the molecule is O=C(c1ccsc1)c1ccc(CNS(=O)(=O)c2ccccc2Br)s1. The van der Waals surface area contributed by atoms with Crippen LogP contribution in [0.25, 0.3) is 0 Å². The van der Waals surface area contributed by atoms with Gasteiger partial charge in [0.15, 0.2) is 0 Å². The molecule has 3 aromatic rings. The first kappa shape index (κ1) is 17.5. The van der Waals surface area contributed by atoms with Gasteiger partial charge in [-0.2, -0.15) is 11.3 Å². The molecule has 0 aliphatic carbocycles. The van der Waals surface area contributed by atoms with Gasteiger partial charge in [-0.05, 0) is 51.6 Å². The van der Waals surface area contributed by atoms with E-state index in [0.29, 0.717) is 14.9 Å². The first-order valence-electron chi connectivity index (χ1n) is 6.87. The van der Waals surface area contributed by atoms with E-state index in [1.54, 1.807) is 41.8 Å². The van der Waals surface area contributed by atoms with Crippen molar-refractivity contribution in [2.45, 2.75) is 11.4 Å². The number of hydrogen-bond acceptors (Lipinski definition) is 5. The Morgan fingerprint density at radius 1 is 1.12 bits per heavy atom. The average molecular weight is 442 g/mol. The summed E-state index contributed by atoms with van der Waals surface area (Å²) in [5.41, 5.74) is 0.655. The lowest BCUT2D eigenvalue weighted by molar-refractivity contribution is 0.104. The van der Waals surface area contributed by atoms with E-state index in [1.165, 1.54) is 28.7 Å². The number of carbonyl (C=O) groups excluding carboxylic acids is 1. The minimum Gasteiger partial charge on any atom is -0.288 e. The van der Waals surface area contributed by atoms with Crippen LogP contribution in [-0.4, -0.2) is 14.2 Å². The number of sulfonamides is 1. The van der Waals surface area contributed by atoms with Crippen molar-refractivity contribution in [2.75, 3.05) is 0 Å². The summed E-state index contributed by atoms with van der Waals surface area (Å²) in [5, 5.41) is 3.66. The first-order chi connectivity index (χ1) is 11.5. The summed E-state index contributed by atoms with van der Waals surface area (Å²) in [6, 6.07) is 11.9. The second-order valence-corrected chi connectivity index (χ2v) is 9.40. The summed E-state index contributed by atoms with van der Waals surface area (Å²) in [5.74, 6) is -0.0406. The van der Waals surface area contributed by atoms with Crippen LogP contribution in [0, 0.1) is 0 Å². The third-order valence-corrected chi connectivity index (χ3v) is 7.41. The van der Waals surface area contributed by atoms with Gasteiger partial charge in [-0.1, -0.05) is 12.1 Å². The fraction of sp³-hybridized carbons (Fsp3) is 0.0625. The number of hydrogen-bond donors (Lipinski definition) is 1. The van der Waals surface area contributed by atoms with Crippen molar-refractivity contribution in [2.24, 2.45) is 0 Å². The summed E-state index contributed by atoms with van der Waals surface area (Å²) >= 11 is 6.01. The molecule has 0 saturated carbocycles. The third-order valence-electron chi connectivity index (χ3n) is 3.23. The molecule has 0 amide bonds. The lowest BCUT2D eigenvalue weighted by atomic mass is 10.2. The van der Waals surface area contributed by atoms with E-state index in [9.17, 15) is 13.2 Å². The van der Waals surface area contributed by atoms with Gasteiger partial charge in [0.2, 0.25) is 15.8 Å². The van der Waals surface area contributed by atoms with Crippen LogP contribution in [0.2, 0.25) is 0 Å². The smallest absolute Gasteiger partial charge is 0.242 e. The van der Waals surface area contributed by atoms with E-state index < -0.39 is 10.0 Å². The standard InChI is InChI=1S/C16H12BrNO3S3/c17-13-3-1-2-4-15(13)24(20,21)18-9-12-5-6-14(23-12)16(19)11-7-8-22-10-11/h1-8,10,18H,9H2. The molecule has 1 aromatic carbocycles. The number of benzene rings is 1. The highest BCUT2D eigenvalue weighted by atomic mass is 79.9. The Hall–Kier alpha value is -1.32. The Bertz CT molecular complexity index is 962. The molecule has 8 heteroatoms. The Morgan fingerprint density at radius 3 is 2.62 bits per heavy atom. The van der Waals surface area contributed by atoms with E-state index in [4.69, 9.17) is 0 Å². The minimum absolute atomic E-state index is 0.0406. The van der Waals surface area contributed by atoms with Crippen LogP contribution < -0.4 is 4.72 Å². The molecule has 0 spiro atoms. The molecule has 0 bridgehead atoms. The van der Waals surface area contributed by atoms with Crippen LogP contribution in [0.4, 0.5) is 0 Å². The summed E-state index contributed by atoms with van der Waals surface area (Å²) in [7, 11) is -3.62. The van der Waals surface area contributed by atoms with Crippen molar-refractivity contribution >= 4 is 54.4 Å². The molecule has 0 aliphatic heterocycles. The van der Waals surface area contributed by atoms with Crippen molar-refractivity contribution in [1.29, 1.82) is 0 Å². The topological polar surface area (TPSA) is 63.2 Å². The highest BCUT2D eigenvalue weighted by Crippen LogP contribution is 2.23. The van der Waals surface area contributed by atoms with Gasteiger partial charge in [0.25, 0.3) is 0 Å². The van der Waals surface area contributed by atoms with Crippen LogP contribution in [0.1, 0.15) is 20.1 Å². The number of nitrogens with one attached hydrogen (secondary N) is 1. The summed E-state index contributed by atoms with van der Waals surface area (Å²) in [4.78, 5) is 13.8. The quantitative estimate of drug-likeness (QED) is 0.580. The lowest BCUT2D eigenvalue weighted by Gasteiger charge is -2.07. The molecule has 1 N–H and O–H groups in total. The van der Waals surface area contributed by atoms with Crippen LogP contribution in [0.3, 0.4) is 0 Å². The molecule has 0 atom stereocenters. The maximum atomic E-state index is 12.4. The zero-order valence-electron chi connectivity index (χ0n) is 12.2. The van der Waals surface area contributed by atoms with Crippen LogP contribution in [-0.2, 0) is 16.6 Å². The summed E-state index contributed by atoms with van der Waals surface area (Å²) in [6.45, 7) is 0.144. The molecule has 2 aromatic heterocycles. The van der Waals surface area contributed by atoms with Crippen LogP contribution in [0.5, 0.6) is 0 Å². The number of rotatable bonds is 6. The third kappa shape index (κ3) is 3.84. The maximum Gasteiger partial charge on any atom is 0.242 e. The lowest BCUT2D eigenvalue weighted by Crippen LogP contribution is -2.23. The Morgan fingerprint density at radius 2 is 1.92 bits per heavy atom. The van der Waals surface area contributed by atoms with E-state index in [0.717, 1.165) is 4.88 Å². The van der Waals surface area contributed by atoms with Gasteiger partial charge in [-0.3, -0.25) is 4.79 Å². The molecule has 0 radical (unpaired) electrons. The van der Waals surface area contributed by atoms with Crippen molar-refractivity contribution in [3.8, 4) is 0 Å². The highest BCUT2D eigenvalue weighted by Gasteiger charge is 2.18. The molecule has 24 heavy (non-hydrogen) atoms. The van der Waals surface area contributed by atoms with E-state index in [2.05, 4.69) is 20.7 Å². The molecule has 3 rings (SSSR count). The van der Waals surface area contributed by atoms with Crippen molar-refractivity contribution in [3.05, 3.63) is 73.0 Å². The van der Waals surface area contributed by atoms with Crippen LogP contribution in [0.15, 0.2) is 62.6 Å². The predicted molar refractivity (Wildman–Crippen MR) is 100 cm³/mol. The first-order valence-corrected chi connectivity index (χ1v) is 10.9. The van der Waals surface area contributed by atoms with Gasteiger partial charge in [0.05, 0.1) is 9.77 Å². The molecule has 0 aliphatic rings. The molecular weight excluding hydrogens is 430 g/mol. The number of thiophene rings is 2. The Kier molecular flexibility index (Phi) is 5.31. The molecule has 124 valence electrons. The van der Waals surface area contributed by atoms with Crippen molar-refractivity contribution in [3.63, 3.8) is 0 Å². The van der Waals surface area contributed by atoms with Gasteiger partial charge in [0.1, 0.15) is 0 Å². The van der Waals surface area contributed by atoms with E-state index >= 15 is 0 Å². The molecular formula is C16H12BrNO3S3. The fourth-order valence-corrected chi connectivity index (χ4v) is 5.68. The molecule has 2 heterocycles. The molecule has 0 fully saturated rings. The molecule has 0 unspecified atom stereocenters. The summed E-state index contributed by atoms with van der Waals surface area (Å²) in [6.07, 6.45) is 0. The predicted octanol–water partition coefficient (Wildman–Crippen LogP) is 4.28. The zero-order valence-corrected chi connectivity index (χ0v) is 16.3. The van der Waals surface area contributed by atoms with Crippen molar-refractivity contribution in [1.82, 2.24) is 4.72 Å². The normalized spacial score (nSPS) is 11.5. The van der Waals surface area contributed by atoms with Gasteiger partial charge < -0.3 is 0 Å². The Labute approximate surface area is 156 Å². The number of carbonyl (C=O) groups is 1. The Balaban J connectivity index is 1.72. The van der Waals surface area contributed by atoms with Crippen molar-refractivity contribution < 1.29 is 13.2 Å². The van der Waals surface area contributed by atoms with E-state index in [-0.39, 0.29) is 17.2 Å². The average Bonchev–Trinajstić information content (AvgIpc) is 3.24. The minimum atomic E-state index is -3.62. The molecule has 0 saturated heterocycles. The maximum absolute atomic E-state index is 12.4. The van der Waals surface area contributed by atoms with Crippen LogP contribution >= 0.6 is 38.6 Å². The molecule has 4 nitrogen and oxygen atoms in total.